The summed E-state index contributed by atoms with van der Waals surface area (Å²) in [6, 6.07) is 7.13. The monoisotopic (exact) mass is 477 g/mol. The van der Waals surface area contributed by atoms with Crippen LogP contribution in [0.25, 0.3) is 11.8 Å². The number of amides is 1. The number of carbonyl (C=O) groups is 1. The minimum absolute atomic E-state index is 0.163. The van der Waals surface area contributed by atoms with Crippen LogP contribution in [0.2, 0.25) is 0 Å². The van der Waals surface area contributed by atoms with E-state index in [2.05, 4.69) is 10.1 Å². The second kappa shape index (κ2) is 8.10. The summed E-state index contributed by atoms with van der Waals surface area (Å²) in [7, 11) is 3.10. The van der Waals surface area contributed by atoms with Gasteiger partial charge in [-0.1, -0.05) is 0 Å². The number of ether oxygens (including phenoxy) is 2. The molecule has 3 heterocycles. The smallest absolute Gasteiger partial charge is 0.441 e. The first-order valence-electron chi connectivity index (χ1n) is 9.54. The van der Waals surface area contributed by atoms with Crippen molar-refractivity contribution in [1.29, 1.82) is 5.41 Å². The molecule has 4 rings (SSSR count). The number of aryl methyl sites for hydroxylation is 1. The van der Waals surface area contributed by atoms with E-state index in [1.165, 1.54) is 6.08 Å². The van der Waals surface area contributed by atoms with Gasteiger partial charge < -0.3 is 14.0 Å². The standard InChI is InChI=1S/C21H18F3N5O3S/c1-10-7-12(11(2)28(10)15-9-13(31-3)5-6-16(15)32-4)8-14-17(25)29-20(26-18(14)30)33-19(27-29)21(22,23)24/h5-9,25H,1-4H3/b14-8+,25-17?. The van der Waals surface area contributed by atoms with Crippen LogP contribution in [0.5, 0.6) is 11.5 Å². The van der Waals surface area contributed by atoms with E-state index >= 15 is 0 Å². The molecule has 0 fully saturated rings. The fourth-order valence-electron chi connectivity index (χ4n) is 3.54. The quantitative estimate of drug-likeness (QED) is 0.664. The lowest BCUT2D eigenvalue weighted by Gasteiger charge is -2.20. The Morgan fingerprint density at radius 3 is 2.52 bits per heavy atom. The predicted octanol–water partition coefficient (Wildman–Crippen LogP) is 4.29. The fourth-order valence-corrected chi connectivity index (χ4v) is 4.30. The number of benzene rings is 1. The number of methoxy groups -OCH3 is 2. The number of aliphatic imine (C=N–C) groups is 1. The summed E-state index contributed by atoms with van der Waals surface area (Å²) < 4.78 is 51.7. The third kappa shape index (κ3) is 3.90. The van der Waals surface area contributed by atoms with Crippen molar-refractivity contribution in [2.75, 3.05) is 14.2 Å². The summed E-state index contributed by atoms with van der Waals surface area (Å²) in [5, 5.41) is 11.0. The Hall–Kier alpha value is -3.54. The first-order chi connectivity index (χ1) is 15.5. The van der Waals surface area contributed by atoms with Gasteiger partial charge in [-0.3, -0.25) is 10.2 Å². The van der Waals surface area contributed by atoms with Crippen LogP contribution in [0, 0.1) is 19.3 Å². The number of aromatic nitrogens is 1. The molecule has 1 aromatic carbocycles. The molecule has 0 spiro atoms. The molecule has 0 saturated heterocycles. The molecule has 12 heteroatoms. The minimum atomic E-state index is -4.70. The summed E-state index contributed by atoms with van der Waals surface area (Å²) in [5.41, 5.74) is 2.66. The Morgan fingerprint density at radius 1 is 1.15 bits per heavy atom. The predicted molar refractivity (Wildman–Crippen MR) is 119 cm³/mol. The highest BCUT2D eigenvalue weighted by Gasteiger charge is 2.46. The molecule has 2 aliphatic rings. The van der Waals surface area contributed by atoms with Gasteiger partial charge in [0.1, 0.15) is 11.5 Å². The van der Waals surface area contributed by atoms with Crippen LogP contribution in [0.4, 0.5) is 13.2 Å². The van der Waals surface area contributed by atoms with Gasteiger partial charge >= 0.3 is 6.18 Å². The SMILES string of the molecule is COc1ccc(OC)c(-n2c(C)cc(/C=C3\C(=N)N4N=C(C(F)(F)F)SC4=NC3=O)c2C)c1. The highest BCUT2D eigenvalue weighted by atomic mass is 32.2. The number of rotatable bonds is 4. The van der Waals surface area contributed by atoms with Crippen molar-refractivity contribution < 1.29 is 27.4 Å². The maximum atomic E-state index is 13.0. The number of hydrogen-bond acceptors (Lipinski definition) is 6. The topological polar surface area (TPSA) is 92.3 Å². The van der Waals surface area contributed by atoms with E-state index in [1.807, 2.05) is 18.4 Å². The van der Waals surface area contributed by atoms with Crippen molar-refractivity contribution in [3.05, 3.63) is 46.8 Å². The molecular formula is C21H18F3N5O3S. The van der Waals surface area contributed by atoms with Crippen molar-refractivity contribution in [2.45, 2.75) is 20.0 Å². The molecule has 0 atom stereocenters. The fraction of sp³-hybridized carbons (Fsp3) is 0.238. The number of hydrazone groups is 1. The summed E-state index contributed by atoms with van der Waals surface area (Å²) >= 11 is 0.214. The van der Waals surface area contributed by atoms with Crippen LogP contribution in [0.1, 0.15) is 17.0 Å². The van der Waals surface area contributed by atoms with Gasteiger partial charge in [-0.15, -0.1) is 0 Å². The third-order valence-corrected chi connectivity index (χ3v) is 6.05. The second-order valence-electron chi connectivity index (χ2n) is 7.12. The summed E-state index contributed by atoms with van der Waals surface area (Å²) in [5.74, 6) is -0.0635. The molecule has 8 nitrogen and oxygen atoms in total. The number of nitrogens with zero attached hydrogens (tertiary/aromatic N) is 4. The zero-order valence-corrected chi connectivity index (χ0v) is 18.8. The molecule has 0 radical (unpaired) electrons. The molecule has 1 N–H and O–H groups in total. The van der Waals surface area contributed by atoms with Gasteiger partial charge in [-0.2, -0.15) is 28.3 Å². The van der Waals surface area contributed by atoms with E-state index in [4.69, 9.17) is 14.9 Å². The van der Waals surface area contributed by atoms with Crippen LogP contribution in [-0.4, -0.2) is 51.9 Å². The van der Waals surface area contributed by atoms with Gasteiger partial charge in [0.15, 0.2) is 5.84 Å². The van der Waals surface area contributed by atoms with Crippen LogP contribution in [0.15, 0.2) is 39.9 Å². The van der Waals surface area contributed by atoms with Gasteiger partial charge in [-0.05, 0) is 55.4 Å². The van der Waals surface area contributed by atoms with Crippen LogP contribution >= 0.6 is 11.8 Å². The number of fused-ring (bicyclic) bond motifs is 1. The van der Waals surface area contributed by atoms with Gasteiger partial charge in [0, 0.05) is 17.5 Å². The number of hydrogen-bond donors (Lipinski definition) is 1. The van der Waals surface area contributed by atoms with Crippen molar-refractivity contribution in [3.63, 3.8) is 0 Å². The first-order valence-corrected chi connectivity index (χ1v) is 10.4. The lowest BCUT2D eigenvalue weighted by atomic mass is 10.1. The second-order valence-corrected chi connectivity index (χ2v) is 8.08. The molecule has 2 aliphatic heterocycles. The average molecular weight is 477 g/mol. The molecule has 0 saturated carbocycles. The van der Waals surface area contributed by atoms with Crippen molar-refractivity contribution in [3.8, 4) is 17.2 Å². The Labute approximate surface area is 190 Å². The molecule has 1 amide bonds. The Kier molecular flexibility index (Phi) is 5.56. The van der Waals surface area contributed by atoms with Gasteiger partial charge in [-0.25, -0.2) is 0 Å². The molecule has 2 aromatic rings. The molecule has 0 aliphatic carbocycles. The maximum absolute atomic E-state index is 13.0. The van der Waals surface area contributed by atoms with Gasteiger partial charge in [0.2, 0.25) is 10.2 Å². The molecule has 1 aromatic heterocycles. The van der Waals surface area contributed by atoms with E-state index in [0.29, 0.717) is 22.7 Å². The van der Waals surface area contributed by atoms with E-state index in [0.717, 1.165) is 16.4 Å². The highest BCUT2D eigenvalue weighted by Crippen LogP contribution is 2.36. The number of alkyl halides is 3. The van der Waals surface area contributed by atoms with Crippen molar-refractivity contribution in [1.82, 2.24) is 9.58 Å². The van der Waals surface area contributed by atoms with Crippen molar-refractivity contribution in [2.24, 2.45) is 10.1 Å². The zero-order chi connectivity index (χ0) is 24.1. The van der Waals surface area contributed by atoms with Crippen LogP contribution < -0.4 is 9.47 Å². The van der Waals surface area contributed by atoms with Gasteiger partial charge in [0.05, 0.1) is 25.5 Å². The number of thioether (sulfide) groups is 1. The van der Waals surface area contributed by atoms with Crippen molar-refractivity contribution >= 4 is 39.8 Å². The Morgan fingerprint density at radius 2 is 1.88 bits per heavy atom. The average Bonchev–Trinajstić information content (AvgIpc) is 3.31. The Balaban J connectivity index is 1.77. The molecule has 0 unspecified atom stereocenters. The number of amidine groups is 2. The molecule has 172 valence electrons. The van der Waals surface area contributed by atoms with Crippen LogP contribution in [0.3, 0.4) is 0 Å². The Bertz CT molecular complexity index is 1280. The lowest BCUT2D eigenvalue weighted by Crippen LogP contribution is -2.35. The summed E-state index contributed by atoms with van der Waals surface area (Å²) in [6.45, 7) is 3.67. The highest BCUT2D eigenvalue weighted by molar-refractivity contribution is 8.27. The number of nitrogens with one attached hydrogen (secondary N) is 1. The minimum Gasteiger partial charge on any atom is -0.497 e. The van der Waals surface area contributed by atoms with Gasteiger partial charge in [0.25, 0.3) is 5.91 Å². The molecule has 0 bridgehead atoms. The van der Waals surface area contributed by atoms with E-state index in [-0.39, 0.29) is 22.5 Å². The first kappa shape index (κ1) is 22.6. The zero-order valence-electron chi connectivity index (χ0n) is 17.9. The molecule has 33 heavy (non-hydrogen) atoms. The van der Waals surface area contributed by atoms with E-state index < -0.39 is 23.0 Å². The lowest BCUT2D eigenvalue weighted by molar-refractivity contribution is -0.114. The maximum Gasteiger partial charge on any atom is 0.441 e. The number of halogens is 3. The summed E-state index contributed by atoms with van der Waals surface area (Å²) in [6.07, 6.45) is -3.26. The number of carbonyl (C=O) groups excluding carboxylic acids is 1. The molecular weight excluding hydrogens is 459 g/mol. The normalized spacial score (nSPS) is 17.3. The third-order valence-electron chi connectivity index (χ3n) is 5.09. The summed E-state index contributed by atoms with van der Waals surface area (Å²) in [4.78, 5) is 16.3. The largest absolute Gasteiger partial charge is 0.497 e. The van der Waals surface area contributed by atoms with E-state index in [9.17, 15) is 18.0 Å². The van der Waals surface area contributed by atoms with E-state index in [1.54, 1.807) is 38.5 Å². The van der Waals surface area contributed by atoms with Crippen LogP contribution in [-0.2, 0) is 4.79 Å².